The number of hydrogen-bond donors (Lipinski definition) is 0. The normalized spacial score (nSPS) is 10.9. The summed E-state index contributed by atoms with van der Waals surface area (Å²) in [6.45, 7) is 1.86. The summed E-state index contributed by atoms with van der Waals surface area (Å²) in [5, 5.41) is 0.789. The van der Waals surface area contributed by atoms with Gasteiger partial charge in [0, 0.05) is 16.1 Å². The second kappa shape index (κ2) is 3.59. The lowest BCUT2D eigenvalue weighted by Gasteiger charge is -2.04. The molecule has 1 nitrogen and oxygen atoms in total. The van der Waals surface area contributed by atoms with E-state index in [9.17, 15) is 4.39 Å². The standard InChI is InChI=1S/C10H6Br2FN/c1-5-2-6-9(12)7(11)4-14-10(6)8(13)3-5/h2-4H,1H3. The fourth-order valence-electron chi connectivity index (χ4n) is 1.34. The lowest BCUT2D eigenvalue weighted by atomic mass is 10.1. The molecule has 0 saturated heterocycles. The smallest absolute Gasteiger partial charge is 0.149 e. The fourth-order valence-corrected chi connectivity index (χ4v) is 2.06. The Hall–Kier alpha value is -0.480. The first-order chi connectivity index (χ1) is 6.59. The van der Waals surface area contributed by atoms with Crippen LogP contribution >= 0.6 is 31.9 Å². The molecule has 0 unspecified atom stereocenters. The molecular formula is C10H6Br2FN. The van der Waals surface area contributed by atoms with Crippen LogP contribution in [0.5, 0.6) is 0 Å². The van der Waals surface area contributed by atoms with Gasteiger partial charge in [-0.25, -0.2) is 4.39 Å². The highest BCUT2D eigenvalue weighted by atomic mass is 79.9. The molecule has 1 heterocycles. The highest BCUT2D eigenvalue weighted by Crippen LogP contribution is 2.31. The third-order valence-electron chi connectivity index (χ3n) is 1.96. The predicted octanol–water partition coefficient (Wildman–Crippen LogP) is 4.21. The van der Waals surface area contributed by atoms with Gasteiger partial charge in [-0.15, -0.1) is 0 Å². The van der Waals surface area contributed by atoms with Gasteiger partial charge in [0.1, 0.15) is 11.3 Å². The maximum atomic E-state index is 13.5. The highest BCUT2D eigenvalue weighted by Gasteiger charge is 2.08. The third-order valence-corrected chi connectivity index (χ3v) is 3.95. The van der Waals surface area contributed by atoms with Crippen molar-refractivity contribution in [1.82, 2.24) is 4.98 Å². The molecule has 0 fully saturated rings. The summed E-state index contributed by atoms with van der Waals surface area (Å²) in [6.07, 6.45) is 1.59. The molecule has 0 aliphatic heterocycles. The summed E-state index contributed by atoms with van der Waals surface area (Å²) >= 11 is 6.73. The Balaban J connectivity index is 2.95. The molecule has 0 aliphatic rings. The average molecular weight is 319 g/mol. The molecule has 0 bridgehead atoms. The number of rotatable bonds is 0. The molecule has 14 heavy (non-hydrogen) atoms. The molecule has 4 heteroatoms. The van der Waals surface area contributed by atoms with Gasteiger partial charge in [-0.05, 0) is 56.5 Å². The van der Waals surface area contributed by atoms with Crippen LogP contribution in [0.15, 0.2) is 27.3 Å². The van der Waals surface area contributed by atoms with Gasteiger partial charge in [-0.3, -0.25) is 4.98 Å². The Morgan fingerprint density at radius 3 is 2.71 bits per heavy atom. The summed E-state index contributed by atoms with van der Waals surface area (Å²) in [6, 6.07) is 3.38. The van der Waals surface area contributed by atoms with Crippen LogP contribution in [-0.4, -0.2) is 4.98 Å². The summed E-state index contributed by atoms with van der Waals surface area (Å²) in [5.41, 5.74) is 1.28. The van der Waals surface area contributed by atoms with Gasteiger partial charge in [0.2, 0.25) is 0 Å². The number of hydrogen-bond acceptors (Lipinski definition) is 1. The molecule has 72 valence electrons. The Kier molecular flexibility index (Phi) is 2.58. The minimum Gasteiger partial charge on any atom is -0.252 e. The number of fused-ring (bicyclic) bond motifs is 1. The lowest BCUT2D eigenvalue weighted by Crippen LogP contribution is -1.88. The molecule has 0 amide bonds. The first-order valence-corrected chi connectivity index (χ1v) is 5.58. The van der Waals surface area contributed by atoms with E-state index in [1.54, 1.807) is 6.20 Å². The zero-order chi connectivity index (χ0) is 10.3. The summed E-state index contributed by atoms with van der Waals surface area (Å²) in [5.74, 6) is -0.284. The van der Waals surface area contributed by atoms with E-state index in [1.165, 1.54) is 6.07 Å². The molecule has 0 aliphatic carbocycles. The van der Waals surface area contributed by atoms with Crippen molar-refractivity contribution >= 4 is 42.8 Å². The van der Waals surface area contributed by atoms with Crippen LogP contribution in [0, 0.1) is 12.7 Å². The van der Waals surface area contributed by atoms with Crippen LogP contribution in [0.4, 0.5) is 4.39 Å². The van der Waals surface area contributed by atoms with Crippen molar-refractivity contribution in [2.75, 3.05) is 0 Å². The van der Waals surface area contributed by atoms with E-state index in [2.05, 4.69) is 36.8 Å². The monoisotopic (exact) mass is 317 g/mol. The maximum absolute atomic E-state index is 13.5. The van der Waals surface area contributed by atoms with Crippen LogP contribution in [-0.2, 0) is 0 Å². The molecule has 2 rings (SSSR count). The number of nitrogens with zero attached hydrogens (tertiary/aromatic N) is 1. The molecule has 1 aromatic carbocycles. The number of halogens is 3. The number of benzene rings is 1. The van der Waals surface area contributed by atoms with Gasteiger partial charge < -0.3 is 0 Å². The minimum atomic E-state index is -0.284. The van der Waals surface area contributed by atoms with Crippen molar-refractivity contribution in [3.8, 4) is 0 Å². The van der Waals surface area contributed by atoms with E-state index >= 15 is 0 Å². The first-order valence-electron chi connectivity index (χ1n) is 3.99. The van der Waals surface area contributed by atoms with Gasteiger partial charge in [-0.2, -0.15) is 0 Å². The predicted molar refractivity (Wildman–Crippen MR) is 61.8 cm³/mol. The van der Waals surface area contributed by atoms with Gasteiger partial charge in [-0.1, -0.05) is 0 Å². The van der Waals surface area contributed by atoms with Crippen molar-refractivity contribution in [2.24, 2.45) is 0 Å². The topological polar surface area (TPSA) is 12.9 Å². The van der Waals surface area contributed by atoms with Crippen molar-refractivity contribution < 1.29 is 4.39 Å². The Labute approximate surface area is 97.6 Å². The highest BCUT2D eigenvalue weighted by molar-refractivity contribution is 9.13. The molecule has 2 aromatic rings. The van der Waals surface area contributed by atoms with Crippen LogP contribution < -0.4 is 0 Å². The first kappa shape index (κ1) is 10.1. The van der Waals surface area contributed by atoms with E-state index in [-0.39, 0.29) is 5.82 Å². The SMILES string of the molecule is Cc1cc(F)c2ncc(Br)c(Br)c2c1. The van der Waals surface area contributed by atoms with Gasteiger partial charge in [0.25, 0.3) is 0 Å². The van der Waals surface area contributed by atoms with Crippen molar-refractivity contribution in [2.45, 2.75) is 6.92 Å². The van der Waals surface area contributed by atoms with Crippen LogP contribution in [0.25, 0.3) is 10.9 Å². The molecular weight excluding hydrogens is 313 g/mol. The Morgan fingerprint density at radius 2 is 2.00 bits per heavy atom. The van der Waals surface area contributed by atoms with E-state index in [1.807, 2.05) is 13.0 Å². The number of pyridine rings is 1. The largest absolute Gasteiger partial charge is 0.252 e. The van der Waals surface area contributed by atoms with E-state index in [4.69, 9.17) is 0 Å². The molecule has 0 spiro atoms. The quantitative estimate of drug-likeness (QED) is 0.709. The van der Waals surface area contributed by atoms with Gasteiger partial charge in [0.15, 0.2) is 0 Å². The summed E-state index contributed by atoms with van der Waals surface area (Å²) in [7, 11) is 0. The second-order valence-corrected chi connectivity index (χ2v) is 4.71. The zero-order valence-corrected chi connectivity index (χ0v) is 10.5. The van der Waals surface area contributed by atoms with E-state index < -0.39 is 0 Å². The number of aromatic nitrogens is 1. The van der Waals surface area contributed by atoms with Crippen molar-refractivity contribution in [3.63, 3.8) is 0 Å². The molecule has 0 N–H and O–H groups in total. The number of aryl methyl sites for hydroxylation is 1. The summed E-state index contributed by atoms with van der Waals surface area (Å²) < 4.78 is 15.1. The fraction of sp³-hybridized carbons (Fsp3) is 0.100. The maximum Gasteiger partial charge on any atom is 0.149 e. The molecule has 0 saturated carbocycles. The van der Waals surface area contributed by atoms with Crippen LogP contribution in [0.1, 0.15) is 5.56 Å². The van der Waals surface area contributed by atoms with E-state index in [0.29, 0.717) is 5.52 Å². The van der Waals surface area contributed by atoms with Crippen LogP contribution in [0.3, 0.4) is 0 Å². The van der Waals surface area contributed by atoms with Crippen LogP contribution in [0.2, 0.25) is 0 Å². The summed E-state index contributed by atoms with van der Waals surface area (Å²) in [4.78, 5) is 4.03. The average Bonchev–Trinajstić information content (AvgIpc) is 2.12. The molecule has 0 radical (unpaired) electrons. The zero-order valence-electron chi connectivity index (χ0n) is 7.31. The molecule has 0 atom stereocenters. The Bertz CT molecular complexity index is 511. The molecule has 1 aromatic heterocycles. The second-order valence-electron chi connectivity index (χ2n) is 3.06. The minimum absolute atomic E-state index is 0.284. The van der Waals surface area contributed by atoms with Gasteiger partial charge in [0.05, 0.1) is 4.47 Å². The Morgan fingerprint density at radius 1 is 1.29 bits per heavy atom. The van der Waals surface area contributed by atoms with Crippen molar-refractivity contribution in [1.29, 1.82) is 0 Å². The van der Waals surface area contributed by atoms with Gasteiger partial charge >= 0.3 is 0 Å². The lowest BCUT2D eigenvalue weighted by molar-refractivity contribution is 0.635. The van der Waals surface area contributed by atoms with E-state index in [0.717, 1.165) is 19.9 Å². The van der Waals surface area contributed by atoms with Crippen molar-refractivity contribution in [3.05, 3.63) is 38.7 Å². The third kappa shape index (κ3) is 1.57.